The van der Waals surface area contributed by atoms with E-state index in [2.05, 4.69) is 23.5 Å². The average Bonchev–Trinajstić information content (AvgIpc) is 2.94. The van der Waals surface area contributed by atoms with E-state index in [1.165, 1.54) is 12.1 Å². The Labute approximate surface area is 251 Å². The largest absolute Gasteiger partial charge is 0.508 e. The summed E-state index contributed by atoms with van der Waals surface area (Å²) >= 11 is 0. The van der Waals surface area contributed by atoms with Crippen LogP contribution in [0.2, 0.25) is 0 Å². The van der Waals surface area contributed by atoms with Crippen LogP contribution in [-0.2, 0) is 20.7 Å². The topological polar surface area (TPSA) is 108 Å². The Morgan fingerprint density at radius 3 is 2.17 bits per heavy atom. The molecule has 0 aliphatic rings. The lowest BCUT2D eigenvalue weighted by Gasteiger charge is -2.35. The normalized spacial score (nSPS) is 12.5. The van der Waals surface area contributed by atoms with Gasteiger partial charge in [0.2, 0.25) is 11.8 Å². The van der Waals surface area contributed by atoms with E-state index < -0.39 is 29.7 Å². The molecule has 0 spiro atoms. The van der Waals surface area contributed by atoms with Crippen LogP contribution in [0, 0.1) is 12.3 Å². The van der Waals surface area contributed by atoms with Crippen LogP contribution in [0.25, 0.3) is 0 Å². The second kappa shape index (κ2) is 17.1. The van der Waals surface area contributed by atoms with Crippen LogP contribution in [0.5, 0.6) is 5.75 Å². The monoisotopic (exact) mass is 577 g/mol. The fraction of sp³-hybridized carbons (Fsp3) is 0.500. The van der Waals surface area contributed by atoms with E-state index in [-0.39, 0.29) is 18.1 Å². The molecule has 0 saturated heterocycles. The second-order valence-corrected chi connectivity index (χ2v) is 11.5. The van der Waals surface area contributed by atoms with Crippen molar-refractivity contribution in [1.29, 1.82) is 0 Å². The number of hydrogen-bond acceptors (Lipinski definition) is 5. The number of unbranched alkanes of at least 4 members (excludes halogenated alkanes) is 4. The van der Waals surface area contributed by atoms with Gasteiger partial charge in [0, 0.05) is 25.1 Å². The maximum absolute atomic E-state index is 14.4. The van der Waals surface area contributed by atoms with Gasteiger partial charge in [-0.25, -0.2) is 4.79 Å². The molecule has 0 saturated carbocycles. The number of alkyl carbamates (subject to hydrolysis) is 1. The minimum Gasteiger partial charge on any atom is -0.508 e. The maximum Gasteiger partial charge on any atom is 0.408 e. The number of rotatable bonds is 15. The van der Waals surface area contributed by atoms with E-state index in [1.807, 2.05) is 6.92 Å². The first-order chi connectivity index (χ1) is 20.0. The first-order valence-electron chi connectivity index (χ1n) is 14.9. The van der Waals surface area contributed by atoms with Crippen molar-refractivity contribution in [2.24, 2.45) is 0 Å². The molecule has 3 amide bonds. The molecule has 3 N–H and O–H groups in total. The molecule has 0 bridgehead atoms. The fourth-order valence-corrected chi connectivity index (χ4v) is 4.51. The lowest BCUT2D eigenvalue weighted by molar-refractivity contribution is -0.142. The molecular formula is C34H47N3O5. The van der Waals surface area contributed by atoms with Crippen LogP contribution in [0.15, 0.2) is 48.5 Å². The zero-order valence-corrected chi connectivity index (χ0v) is 25.7. The number of ether oxygens (including phenoxy) is 1. The second-order valence-electron chi connectivity index (χ2n) is 11.5. The summed E-state index contributed by atoms with van der Waals surface area (Å²) in [6.07, 6.45) is 10.3. The Bertz CT molecular complexity index is 1180. The van der Waals surface area contributed by atoms with Crippen molar-refractivity contribution in [2.75, 3.05) is 13.1 Å². The smallest absolute Gasteiger partial charge is 0.408 e. The number of nitrogens with one attached hydrogen (secondary N) is 2. The van der Waals surface area contributed by atoms with Crippen LogP contribution in [0.3, 0.4) is 0 Å². The van der Waals surface area contributed by atoms with Gasteiger partial charge in [0.1, 0.15) is 23.4 Å². The van der Waals surface area contributed by atoms with Crippen LogP contribution in [-0.4, -0.2) is 52.6 Å². The van der Waals surface area contributed by atoms with Crippen molar-refractivity contribution in [2.45, 2.75) is 97.2 Å². The molecule has 0 aliphatic heterocycles. The summed E-state index contributed by atoms with van der Waals surface area (Å²) in [7, 11) is 0. The highest BCUT2D eigenvalue weighted by atomic mass is 16.6. The van der Waals surface area contributed by atoms with E-state index in [9.17, 15) is 19.5 Å². The third kappa shape index (κ3) is 11.5. The van der Waals surface area contributed by atoms with Crippen molar-refractivity contribution >= 4 is 17.9 Å². The number of hydrogen-bond donors (Lipinski definition) is 3. The van der Waals surface area contributed by atoms with E-state index in [1.54, 1.807) is 62.1 Å². The molecular weight excluding hydrogens is 530 g/mol. The molecule has 8 nitrogen and oxygen atoms in total. The molecule has 42 heavy (non-hydrogen) atoms. The van der Waals surface area contributed by atoms with Gasteiger partial charge in [-0.3, -0.25) is 9.59 Å². The Morgan fingerprint density at radius 1 is 0.952 bits per heavy atom. The highest BCUT2D eigenvalue weighted by molar-refractivity contribution is 5.92. The minimum absolute atomic E-state index is 0.0958. The Hall–Kier alpha value is -3.99. The van der Waals surface area contributed by atoms with E-state index in [0.717, 1.165) is 37.7 Å². The van der Waals surface area contributed by atoms with Crippen molar-refractivity contribution < 1.29 is 24.2 Å². The number of terminal acetylenes is 1. The summed E-state index contributed by atoms with van der Waals surface area (Å²) in [5.41, 5.74) is 1.26. The van der Waals surface area contributed by atoms with Gasteiger partial charge in [-0.1, -0.05) is 69.7 Å². The molecule has 228 valence electrons. The molecule has 2 aromatic carbocycles. The minimum atomic E-state index is -1.02. The predicted molar refractivity (Wildman–Crippen MR) is 166 cm³/mol. The number of carbonyl (C=O) groups is 3. The first-order valence-corrected chi connectivity index (χ1v) is 14.9. The van der Waals surface area contributed by atoms with Gasteiger partial charge in [-0.15, -0.1) is 6.42 Å². The van der Waals surface area contributed by atoms with Gasteiger partial charge in [-0.05, 0) is 69.0 Å². The van der Waals surface area contributed by atoms with E-state index >= 15 is 0 Å². The molecule has 2 rings (SSSR count). The van der Waals surface area contributed by atoms with Gasteiger partial charge < -0.3 is 25.4 Å². The summed E-state index contributed by atoms with van der Waals surface area (Å²) in [6.45, 7) is 10.2. The average molecular weight is 578 g/mol. The number of aromatic hydroxyl groups is 1. The third-order valence-electron chi connectivity index (χ3n) is 6.68. The Morgan fingerprint density at radius 2 is 1.60 bits per heavy atom. The van der Waals surface area contributed by atoms with Crippen LogP contribution < -0.4 is 10.6 Å². The molecule has 8 heteroatoms. The van der Waals surface area contributed by atoms with Gasteiger partial charge in [0.25, 0.3) is 0 Å². The molecule has 2 unspecified atom stereocenters. The molecule has 0 aromatic heterocycles. The highest BCUT2D eigenvalue weighted by Gasteiger charge is 2.36. The maximum atomic E-state index is 14.4. The Kier molecular flexibility index (Phi) is 13.9. The first kappa shape index (κ1) is 34.2. The van der Waals surface area contributed by atoms with Crippen molar-refractivity contribution in [3.05, 3.63) is 65.2 Å². The quantitative estimate of drug-likeness (QED) is 0.181. The summed E-state index contributed by atoms with van der Waals surface area (Å²) < 4.78 is 5.49. The fourth-order valence-electron chi connectivity index (χ4n) is 4.51. The molecule has 0 fully saturated rings. The number of amides is 3. The van der Waals surface area contributed by atoms with E-state index in [0.29, 0.717) is 30.6 Å². The predicted octanol–water partition coefficient (Wildman–Crippen LogP) is 5.88. The van der Waals surface area contributed by atoms with Crippen LogP contribution in [0.1, 0.15) is 95.9 Å². The van der Waals surface area contributed by atoms with Crippen LogP contribution >= 0.6 is 0 Å². The third-order valence-corrected chi connectivity index (χ3v) is 6.68. The van der Waals surface area contributed by atoms with Crippen molar-refractivity contribution in [1.82, 2.24) is 15.5 Å². The summed E-state index contributed by atoms with van der Waals surface area (Å²) in [5.74, 6) is 2.00. The summed E-state index contributed by atoms with van der Waals surface area (Å²) in [4.78, 5) is 42.7. The summed E-state index contributed by atoms with van der Waals surface area (Å²) in [6, 6.07) is 11.6. The number of benzene rings is 2. The van der Waals surface area contributed by atoms with Crippen molar-refractivity contribution in [3.63, 3.8) is 0 Å². The molecule has 2 atom stereocenters. The Balaban J connectivity index is 2.55. The SMILES string of the molecule is C#Cc1ccc(C(C(=O)NCCCC)N(CCCCCC)C(=O)C(Cc2ccc(O)cc2)NC(=O)OC(C)(C)C)cc1. The molecule has 0 aliphatic carbocycles. The zero-order valence-electron chi connectivity index (χ0n) is 25.7. The lowest BCUT2D eigenvalue weighted by atomic mass is 9.98. The summed E-state index contributed by atoms with van der Waals surface area (Å²) in [5, 5.41) is 15.5. The standard InChI is InChI=1S/C34H47N3O5/c1-7-10-12-13-23-37(30(31(39)35-22-11-8-2)27-18-14-25(9-3)15-19-27)32(40)29(36-33(41)42-34(4,5)6)24-26-16-20-28(38)21-17-26/h3,14-21,29-30,38H,7-8,10-13,22-24H2,1-2,4-6H3,(H,35,39)(H,36,41). The lowest BCUT2D eigenvalue weighted by Crippen LogP contribution is -2.54. The van der Waals surface area contributed by atoms with Crippen LogP contribution in [0.4, 0.5) is 4.79 Å². The van der Waals surface area contributed by atoms with Gasteiger partial charge >= 0.3 is 6.09 Å². The molecule has 2 aromatic rings. The molecule has 0 radical (unpaired) electrons. The van der Waals surface area contributed by atoms with Gasteiger partial charge in [0.15, 0.2) is 0 Å². The number of phenolic OH excluding ortho intramolecular Hbond substituents is 1. The number of carbonyl (C=O) groups excluding carboxylic acids is 3. The van der Waals surface area contributed by atoms with Gasteiger partial charge in [0.05, 0.1) is 0 Å². The van der Waals surface area contributed by atoms with Gasteiger partial charge in [-0.2, -0.15) is 0 Å². The van der Waals surface area contributed by atoms with E-state index in [4.69, 9.17) is 11.2 Å². The zero-order chi connectivity index (χ0) is 31.1. The molecule has 0 heterocycles. The number of phenols is 1. The number of nitrogens with zero attached hydrogens (tertiary/aromatic N) is 1. The van der Waals surface area contributed by atoms with Crippen molar-refractivity contribution in [3.8, 4) is 18.1 Å². The highest BCUT2D eigenvalue weighted by Crippen LogP contribution is 2.25.